The first-order chi connectivity index (χ1) is 11.6. The predicted octanol–water partition coefficient (Wildman–Crippen LogP) is 3.95. The number of hydrogen-bond acceptors (Lipinski definition) is 3. The summed E-state index contributed by atoms with van der Waals surface area (Å²) in [6.07, 6.45) is 2.05. The third-order valence-electron chi connectivity index (χ3n) is 3.74. The Kier molecular flexibility index (Phi) is 4.67. The van der Waals surface area contributed by atoms with E-state index < -0.39 is 5.97 Å². The summed E-state index contributed by atoms with van der Waals surface area (Å²) in [7, 11) is 0. The van der Waals surface area contributed by atoms with Gasteiger partial charge in [-0.15, -0.1) is 0 Å². The van der Waals surface area contributed by atoms with Gasteiger partial charge in [-0.3, -0.25) is 4.79 Å². The van der Waals surface area contributed by atoms with Crippen molar-refractivity contribution in [2.45, 2.75) is 13.3 Å². The molecule has 0 radical (unpaired) electrons. The van der Waals surface area contributed by atoms with Gasteiger partial charge < -0.3 is 9.72 Å². The zero-order valence-corrected chi connectivity index (χ0v) is 13.9. The Bertz CT molecular complexity index is 962. The maximum absolute atomic E-state index is 12.6. The van der Waals surface area contributed by atoms with Crippen LogP contribution in [-0.4, -0.2) is 17.6 Å². The lowest BCUT2D eigenvalue weighted by Crippen LogP contribution is -2.18. The van der Waals surface area contributed by atoms with Crippen molar-refractivity contribution in [1.29, 1.82) is 0 Å². The molecular formula is C19H16ClNO3. The second-order valence-corrected chi connectivity index (χ2v) is 5.88. The van der Waals surface area contributed by atoms with Gasteiger partial charge in [-0.25, -0.2) is 4.79 Å². The van der Waals surface area contributed by atoms with E-state index in [0.717, 1.165) is 11.1 Å². The van der Waals surface area contributed by atoms with Gasteiger partial charge in [0.25, 0.3) is 0 Å². The van der Waals surface area contributed by atoms with Crippen LogP contribution in [-0.2, 0) is 11.2 Å². The van der Waals surface area contributed by atoms with Gasteiger partial charge in [0, 0.05) is 22.1 Å². The van der Waals surface area contributed by atoms with Crippen molar-refractivity contribution < 1.29 is 9.53 Å². The minimum Gasteiger partial charge on any atom is -0.462 e. The molecule has 1 N–H and O–H groups in total. The number of pyridine rings is 1. The number of fused-ring (bicyclic) bond motifs is 1. The van der Waals surface area contributed by atoms with E-state index in [-0.39, 0.29) is 17.6 Å². The number of nitrogens with one attached hydrogen (secondary N) is 1. The molecule has 3 rings (SSSR count). The highest BCUT2D eigenvalue weighted by Crippen LogP contribution is 2.17. The van der Waals surface area contributed by atoms with Crippen molar-refractivity contribution in [3.63, 3.8) is 0 Å². The molecule has 0 unspecified atom stereocenters. The van der Waals surface area contributed by atoms with Gasteiger partial charge in [0.1, 0.15) is 5.56 Å². The number of H-pyrrole nitrogens is 1. The minimum absolute atomic E-state index is 0.0178. The second kappa shape index (κ2) is 6.89. The van der Waals surface area contributed by atoms with Gasteiger partial charge in [0.2, 0.25) is 5.43 Å². The van der Waals surface area contributed by atoms with E-state index in [4.69, 9.17) is 16.3 Å². The van der Waals surface area contributed by atoms with Crippen molar-refractivity contribution in [2.24, 2.45) is 0 Å². The fourth-order valence-corrected chi connectivity index (χ4v) is 2.83. The first-order valence-corrected chi connectivity index (χ1v) is 8.02. The molecule has 0 fully saturated rings. The van der Waals surface area contributed by atoms with E-state index in [1.165, 1.54) is 6.20 Å². The van der Waals surface area contributed by atoms with Gasteiger partial charge in [-0.2, -0.15) is 0 Å². The normalized spacial score (nSPS) is 10.8. The Morgan fingerprint density at radius 1 is 1.17 bits per heavy atom. The largest absolute Gasteiger partial charge is 0.462 e. The number of aromatic amines is 1. The van der Waals surface area contributed by atoms with E-state index in [9.17, 15) is 9.59 Å². The fourth-order valence-electron chi connectivity index (χ4n) is 2.62. The van der Waals surface area contributed by atoms with Crippen LogP contribution in [0.3, 0.4) is 0 Å². The molecule has 0 aliphatic rings. The topological polar surface area (TPSA) is 59.2 Å². The molecule has 122 valence electrons. The van der Waals surface area contributed by atoms with Crippen LogP contribution in [0.15, 0.2) is 53.5 Å². The molecule has 1 heterocycles. The molecule has 2 aromatic carbocycles. The van der Waals surface area contributed by atoms with Crippen LogP contribution in [0.1, 0.15) is 28.4 Å². The Hall–Kier alpha value is -2.59. The number of hydrogen-bond donors (Lipinski definition) is 1. The van der Waals surface area contributed by atoms with E-state index in [2.05, 4.69) is 4.98 Å². The molecule has 0 aliphatic carbocycles. The highest BCUT2D eigenvalue weighted by atomic mass is 35.5. The van der Waals surface area contributed by atoms with Crippen molar-refractivity contribution >= 4 is 28.5 Å². The monoisotopic (exact) mass is 341 g/mol. The van der Waals surface area contributed by atoms with Crippen LogP contribution < -0.4 is 5.43 Å². The van der Waals surface area contributed by atoms with Crippen molar-refractivity contribution in [1.82, 2.24) is 4.98 Å². The fraction of sp³-hybridized carbons (Fsp3) is 0.158. The highest BCUT2D eigenvalue weighted by molar-refractivity contribution is 6.30. The number of aromatic nitrogens is 1. The minimum atomic E-state index is -0.610. The summed E-state index contributed by atoms with van der Waals surface area (Å²) in [6, 6.07) is 13.2. The molecule has 3 aromatic rings. The molecule has 0 atom stereocenters. The Morgan fingerprint density at radius 2 is 1.96 bits per heavy atom. The van der Waals surface area contributed by atoms with Gasteiger partial charge in [-0.1, -0.05) is 29.8 Å². The summed E-state index contributed by atoms with van der Waals surface area (Å²) in [5, 5.41) is 1.15. The number of halogens is 1. The van der Waals surface area contributed by atoms with E-state index >= 15 is 0 Å². The van der Waals surface area contributed by atoms with Crippen LogP contribution >= 0.6 is 11.6 Å². The summed E-state index contributed by atoms with van der Waals surface area (Å²) < 4.78 is 4.92. The number of esters is 1. The molecule has 4 nitrogen and oxygen atoms in total. The van der Waals surface area contributed by atoms with Crippen LogP contribution in [0.5, 0.6) is 0 Å². The molecule has 24 heavy (non-hydrogen) atoms. The number of carbonyl (C=O) groups is 1. The summed E-state index contributed by atoms with van der Waals surface area (Å²) in [6.45, 7) is 1.93. The van der Waals surface area contributed by atoms with Crippen molar-refractivity contribution in [3.8, 4) is 0 Å². The third kappa shape index (κ3) is 3.34. The van der Waals surface area contributed by atoms with E-state index in [1.54, 1.807) is 13.0 Å². The smallest absolute Gasteiger partial charge is 0.343 e. The van der Waals surface area contributed by atoms with Gasteiger partial charge in [0.15, 0.2) is 0 Å². The van der Waals surface area contributed by atoms with E-state index in [1.807, 2.05) is 36.4 Å². The van der Waals surface area contributed by atoms with Gasteiger partial charge in [0.05, 0.1) is 6.61 Å². The number of carbonyl (C=O) groups excluding carboxylic acids is 1. The Balaban J connectivity index is 2.01. The van der Waals surface area contributed by atoms with Crippen LogP contribution in [0.2, 0.25) is 5.02 Å². The molecule has 1 aromatic heterocycles. The summed E-state index contributed by atoms with van der Waals surface area (Å²) in [5.74, 6) is -0.610. The number of ether oxygens (including phenoxy) is 1. The third-order valence-corrected chi connectivity index (χ3v) is 3.97. The molecule has 0 spiro atoms. The molecule has 0 aliphatic heterocycles. The summed E-state index contributed by atoms with van der Waals surface area (Å²) in [5.41, 5.74) is 2.40. The Morgan fingerprint density at radius 3 is 2.71 bits per heavy atom. The average molecular weight is 342 g/mol. The quantitative estimate of drug-likeness (QED) is 0.731. The van der Waals surface area contributed by atoms with Crippen LogP contribution in [0, 0.1) is 0 Å². The standard InChI is InChI=1S/C19H16ClNO3/c1-2-24-19(23)16-11-21-17-7-6-13(10-15(17)18(16)22)8-12-4-3-5-14(20)9-12/h3-7,9-11H,2,8H2,1H3,(H,21,22). The first kappa shape index (κ1) is 16.3. The molecule has 0 saturated heterocycles. The van der Waals surface area contributed by atoms with Crippen molar-refractivity contribution in [2.75, 3.05) is 6.61 Å². The zero-order valence-electron chi connectivity index (χ0n) is 13.1. The first-order valence-electron chi connectivity index (χ1n) is 7.64. The van der Waals surface area contributed by atoms with Gasteiger partial charge >= 0.3 is 5.97 Å². The maximum Gasteiger partial charge on any atom is 0.343 e. The van der Waals surface area contributed by atoms with Crippen LogP contribution in [0.25, 0.3) is 10.9 Å². The van der Waals surface area contributed by atoms with Crippen molar-refractivity contribution in [3.05, 3.63) is 80.6 Å². The molecule has 0 amide bonds. The van der Waals surface area contributed by atoms with E-state index in [0.29, 0.717) is 22.3 Å². The lowest BCUT2D eigenvalue weighted by Gasteiger charge is -2.06. The maximum atomic E-state index is 12.6. The summed E-state index contributed by atoms with van der Waals surface area (Å²) >= 11 is 6.01. The number of benzene rings is 2. The molecule has 0 bridgehead atoms. The van der Waals surface area contributed by atoms with Gasteiger partial charge in [-0.05, 0) is 48.7 Å². The van der Waals surface area contributed by atoms with Crippen LogP contribution in [0.4, 0.5) is 0 Å². The molecule has 5 heteroatoms. The lowest BCUT2D eigenvalue weighted by atomic mass is 10.0. The second-order valence-electron chi connectivity index (χ2n) is 5.44. The number of rotatable bonds is 4. The highest BCUT2D eigenvalue weighted by Gasteiger charge is 2.14. The lowest BCUT2D eigenvalue weighted by molar-refractivity contribution is 0.0524. The molecule has 0 saturated carbocycles. The average Bonchev–Trinajstić information content (AvgIpc) is 2.56. The Labute approximate surface area is 144 Å². The molecular weight excluding hydrogens is 326 g/mol. The SMILES string of the molecule is CCOC(=O)c1c[nH]c2ccc(Cc3cccc(Cl)c3)cc2c1=O. The zero-order chi connectivity index (χ0) is 17.1. The summed E-state index contributed by atoms with van der Waals surface area (Å²) in [4.78, 5) is 27.4. The predicted molar refractivity (Wildman–Crippen MR) is 94.8 cm³/mol.